The zero-order valence-electron chi connectivity index (χ0n) is 18.2. The van der Waals surface area contributed by atoms with Gasteiger partial charge in [0.2, 0.25) is 5.91 Å². The van der Waals surface area contributed by atoms with E-state index in [1.165, 1.54) is 0 Å². The molecular weight excluding hydrogens is 461 g/mol. The van der Waals surface area contributed by atoms with Gasteiger partial charge in [-0.3, -0.25) is 9.69 Å². The first kappa shape index (κ1) is 24.4. The van der Waals surface area contributed by atoms with E-state index in [9.17, 15) is 9.59 Å². The number of carbonyl (C=O) groups is 2. The molecule has 3 aromatic rings. The number of nitrogens with one attached hydrogen (secondary N) is 2. The zero-order valence-corrected chi connectivity index (χ0v) is 19.7. The van der Waals surface area contributed by atoms with E-state index in [4.69, 9.17) is 27.9 Å². The molecule has 3 amide bonds. The van der Waals surface area contributed by atoms with Crippen LogP contribution in [0.2, 0.25) is 10.0 Å². The number of ether oxygens (including phenoxy) is 1. The first-order chi connectivity index (χ1) is 16.0. The largest absolute Gasteiger partial charge is 0.457 e. The SMILES string of the molecule is CCC(=O)NCCCN(C(=O)Nc1ccc(Cl)c(Cl)c1)c1ccc(Oc2ccccc2)cc1. The van der Waals surface area contributed by atoms with Gasteiger partial charge in [-0.15, -0.1) is 0 Å². The summed E-state index contributed by atoms with van der Waals surface area (Å²) in [5.41, 5.74) is 1.22. The van der Waals surface area contributed by atoms with Crippen molar-refractivity contribution >= 4 is 46.5 Å². The van der Waals surface area contributed by atoms with Gasteiger partial charge in [0.15, 0.2) is 0 Å². The Balaban J connectivity index is 1.72. The fraction of sp³-hybridized carbons (Fsp3) is 0.200. The first-order valence-electron chi connectivity index (χ1n) is 10.6. The molecule has 0 bridgehead atoms. The van der Waals surface area contributed by atoms with Crippen LogP contribution in [0.25, 0.3) is 0 Å². The van der Waals surface area contributed by atoms with E-state index in [0.29, 0.717) is 53.1 Å². The summed E-state index contributed by atoms with van der Waals surface area (Å²) in [6, 6.07) is 21.3. The Kier molecular flexibility index (Phi) is 8.98. The van der Waals surface area contributed by atoms with Crippen molar-refractivity contribution < 1.29 is 14.3 Å². The van der Waals surface area contributed by atoms with Gasteiger partial charge in [-0.2, -0.15) is 0 Å². The molecule has 0 saturated heterocycles. The first-order valence-corrected chi connectivity index (χ1v) is 11.3. The lowest BCUT2D eigenvalue weighted by Crippen LogP contribution is -2.37. The maximum atomic E-state index is 13.1. The number of hydrogen-bond acceptors (Lipinski definition) is 3. The van der Waals surface area contributed by atoms with Gasteiger partial charge in [0.05, 0.1) is 10.0 Å². The molecule has 0 fully saturated rings. The summed E-state index contributed by atoms with van der Waals surface area (Å²) in [7, 11) is 0. The number of nitrogens with zero attached hydrogens (tertiary/aromatic N) is 1. The highest BCUT2D eigenvalue weighted by molar-refractivity contribution is 6.42. The Morgan fingerprint density at radius 2 is 1.61 bits per heavy atom. The van der Waals surface area contributed by atoms with Crippen LogP contribution in [0.3, 0.4) is 0 Å². The van der Waals surface area contributed by atoms with Crippen LogP contribution in [0.1, 0.15) is 19.8 Å². The summed E-state index contributed by atoms with van der Waals surface area (Å²) in [4.78, 5) is 26.2. The normalized spacial score (nSPS) is 10.4. The molecule has 0 atom stereocenters. The number of benzene rings is 3. The Morgan fingerprint density at radius 3 is 2.27 bits per heavy atom. The summed E-state index contributed by atoms with van der Waals surface area (Å²) in [6.45, 7) is 2.67. The molecule has 0 aromatic heterocycles. The standard InChI is InChI=1S/C25H25Cl2N3O3/c1-2-24(31)28-15-6-16-30(25(32)29-18-9-14-22(26)23(27)17-18)19-10-12-21(13-11-19)33-20-7-4-3-5-8-20/h3-5,7-14,17H,2,6,15-16H2,1H3,(H,28,31)(H,29,32). The molecule has 6 nitrogen and oxygen atoms in total. The number of urea groups is 1. The predicted molar refractivity (Wildman–Crippen MR) is 134 cm³/mol. The van der Waals surface area contributed by atoms with Crippen LogP contribution in [0, 0.1) is 0 Å². The summed E-state index contributed by atoms with van der Waals surface area (Å²) in [5.74, 6) is 1.36. The fourth-order valence-corrected chi connectivity index (χ4v) is 3.32. The molecule has 2 N–H and O–H groups in total. The van der Waals surface area contributed by atoms with Crippen LogP contribution >= 0.6 is 23.2 Å². The smallest absolute Gasteiger partial charge is 0.326 e. The number of rotatable bonds is 9. The second-order valence-electron chi connectivity index (χ2n) is 7.18. The van der Waals surface area contributed by atoms with Gasteiger partial charge >= 0.3 is 6.03 Å². The lowest BCUT2D eigenvalue weighted by molar-refractivity contribution is -0.120. The lowest BCUT2D eigenvalue weighted by Gasteiger charge is -2.24. The Morgan fingerprint density at radius 1 is 0.909 bits per heavy atom. The number of para-hydroxylation sites is 1. The average molecular weight is 486 g/mol. The van der Waals surface area contributed by atoms with Gasteiger partial charge in [-0.05, 0) is 61.0 Å². The highest BCUT2D eigenvalue weighted by Gasteiger charge is 2.17. The fourth-order valence-electron chi connectivity index (χ4n) is 3.02. The van der Waals surface area contributed by atoms with E-state index in [1.807, 2.05) is 42.5 Å². The third kappa shape index (κ3) is 7.41. The van der Waals surface area contributed by atoms with Crippen molar-refractivity contribution in [2.24, 2.45) is 0 Å². The summed E-state index contributed by atoms with van der Waals surface area (Å²) >= 11 is 12.0. The van der Waals surface area contributed by atoms with Crippen LogP contribution < -0.4 is 20.3 Å². The van der Waals surface area contributed by atoms with Crippen molar-refractivity contribution in [2.75, 3.05) is 23.3 Å². The Bertz CT molecular complexity index is 1080. The molecule has 0 saturated carbocycles. The van der Waals surface area contributed by atoms with E-state index in [2.05, 4.69) is 10.6 Å². The predicted octanol–water partition coefficient (Wildman–Crippen LogP) is 6.74. The van der Waals surface area contributed by atoms with Gasteiger partial charge in [0.25, 0.3) is 0 Å². The van der Waals surface area contributed by atoms with Crippen molar-refractivity contribution in [2.45, 2.75) is 19.8 Å². The molecule has 0 aliphatic heterocycles. The van der Waals surface area contributed by atoms with Gasteiger partial charge < -0.3 is 15.4 Å². The Labute approximate surface area is 203 Å². The summed E-state index contributed by atoms with van der Waals surface area (Å²) < 4.78 is 5.84. The van der Waals surface area contributed by atoms with E-state index >= 15 is 0 Å². The second kappa shape index (κ2) is 12.1. The monoisotopic (exact) mass is 485 g/mol. The average Bonchev–Trinajstić information content (AvgIpc) is 2.82. The molecule has 3 rings (SSSR count). The minimum atomic E-state index is -0.327. The molecule has 8 heteroatoms. The van der Waals surface area contributed by atoms with Crippen molar-refractivity contribution in [1.29, 1.82) is 0 Å². The Hall–Kier alpha value is -3.22. The molecule has 0 aliphatic carbocycles. The van der Waals surface area contributed by atoms with Crippen LogP contribution in [0.15, 0.2) is 72.8 Å². The van der Waals surface area contributed by atoms with E-state index < -0.39 is 0 Å². The zero-order chi connectivity index (χ0) is 23.6. The number of carbonyl (C=O) groups excluding carboxylic acids is 2. The third-order valence-corrected chi connectivity index (χ3v) is 5.48. The molecule has 0 unspecified atom stereocenters. The summed E-state index contributed by atoms with van der Waals surface area (Å²) in [5, 5.41) is 6.44. The maximum absolute atomic E-state index is 13.1. The van der Waals surface area contributed by atoms with Crippen LogP contribution in [-0.4, -0.2) is 25.0 Å². The third-order valence-electron chi connectivity index (χ3n) is 4.75. The molecule has 0 spiro atoms. The second-order valence-corrected chi connectivity index (χ2v) is 7.99. The van der Waals surface area contributed by atoms with Crippen molar-refractivity contribution in [3.63, 3.8) is 0 Å². The van der Waals surface area contributed by atoms with Crippen LogP contribution in [0.5, 0.6) is 11.5 Å². The van der Waals surface area contributed by atoms with Crippen LogP contribution in [0.4, 0.5) is 16.2 Å². The van der Waals surface area contributed by atoms with Crippen molar-refractivity contribution in [1.82, 2.24) is 5.32 Å². The van der Waals surface area contributed by atoms with Crippen molar-refractivity contribution in [3.05, 3.63) is 82.8 Å². The number of anilines is 2. The molecule has 0 radical (unpaired) electrons. The van der Waals surface area contributed by atoms with E-state index in [0.717, 1.165) is 5.75 Å². The molecule has 3 aromatic carbocycles. The van der Waals surface area contributed by atoms with Gasteiger partial charge in [0, 0.05) is 30.9 Å². The van der Waals surface area contributed by atoms with Gasteiger partial charge in [0.1, 0.15) is 11.5 Å². The maximum Gasteiger partial charge on any atom is 0.326 e. The minimum Gasteiger partial charge on any atom is -0.457 e. The van der Waals surface area contributed by atoms with Crippen LogP contribution in [-0.2, 0) is 4.79 Å². The molecule has 172 valence electrons. The number of halogens is 2. The molecule has 33 heavy (non-hydrogen) atoms. The van der Waals surface area contributed by atoms with E-state index in [-0.39, 0.29) is 11.9 Å². The van der Waals surface area contributed by atoms with Gasteiger partial charge in [-0.25, -0.2) is 4.79 Å². The quantitative estimate of drug-likeness (QED) is 0.329. The molecular formula is C25H25Cl2N3O3. The van der Waals surface area contributed by atoms with E-state index in [1.54, 1.807) is 42.2 Å². The lowest BCUT2D eigenvalue weighted by atomic mass is 10.2. The minimum absolute atomic E-state index is 0.0239. The van der Waals surface area contributed by atoms with Gasteiger partial charge in [-0.1, -0.05) is 48.3 Å². The number of amides is 3. The summed E-state index contributed by atoms with van der Waals surface area (Å²) in [6.07, 6.45) is 1.01. The van der Waals surface area contributed by atoms with Crippen molar-refractivity contribution in [3.8, 4) is 11.5 Å². The highest BCUT2D eigenvalue weighted by Crippen LogP contribution is 2.27. The highest BCUT2D eigenvalue weighted by atomic mass is 35.5. The number of hydrogen-bond donors (Lipinski definition) is 2. The topological polar surface area (TPSA) is 70.7 Å². The molecule has 0 aliphatic rings. The molecule has 0 heterocycles.